The smallest absolute Gasteiger partial charge is 0.197 e. The molecule has 0 amide bonds. The Labute approximate surface area is 137 Å². The highest BCUT2D eigenvalue weighted by molar-refractivity contribution is 9.10. The summed E-state index contributed by atoms with van der Waals surface area (Å²) in [6, 6.07) is 8.61. The monoisotopic (exact) mass is 368 g/mol. The number of methoxy groups -OCH3 is 2. The Morgan fingerprint density at radius 1 is 1.05 bits per heavy atom. The summed E-state index contributed by atoms with van der Waals surface area (Å²) in [5.74, 6) is 0.892. The molecule has 0 aliphatic carbocycles. The topological polar surface area (TPSA) is 35.5 Å². The van der Waals surface area contributed by atoms with Crippen LogP contribution in [0.2, 0.25) is 5.02 Å². The first-order valence-electron chi connectivity index (χ1n) is 6.20. The van der Waals surface area contributed by atoms with Gasteiger partial charge in [-0.15, -0.1) is 0 Å². The predicted molar refractivity (Wildman–Crippen MR) is 86.9 cm³/mol. The quantitative estimate of drug-likeness (QED) is 0.735. The van der Waals surface area contributed by atoms with Crippen LogP contribution in [0, 0.1) is 6.92 Å². The molecule has 110 valence electrons. The Kier molecular flexibility index (Phi) is 4.91. The normalized spacial score (nSPS) is 10.3. The van der Waals surface area contributed by atoms with Gasteiger partial charge in [-0.05, 0) is 52.7 Å². The third-order valence-electron chi connectivity index (χ3n) is 3.16. The first-order chi connectivity index (χ1) is 9.97. The van der Waals surface area contributed by atoms with Crippen LogP contribution < -0.4 is 9.47 Å². The number of carbonyl (C=O) groups is 1. The van der Waals surface area contributed by atoms with Crippen LogP contribution in [0.4, 0.5) is 0 Å². The second-order valence-corrected chi connectivity index (χ2v) is 5.77. The van der Waals surface area contributed by atoms with Gasteiger partial charge in [0.15, 0.2) is 5.78 Å². The highest BCUT2D eigenvalue weighted by Gasteiger charge is 2.19. The van der Waals surface area contributed by atoms with E-state index in [4.69, 9.17) is 21.1 Å². The molecule has 2 aromatic rings. The fourth-order valence-corrected chi connectivity index (χ4v) is 2.68. The van der Waals surface area contributed by atoms with Gasteiger partial charge in [0.25, 0.3) is 0 Å². The summed E-state index contributed by atoms with van der Waals surface area (Å²) in [4.78, 5) is 12.8. The standard InChI is InChI=1S/C16H14BrClO3/c1-9-4-5-10(18)6-11(9)16(19)12-7-15(21-3)13(17)8-14(12)20-2/h4-8H,1-3H3. The molecule has 0 radical (unpaired) electrons. The summed E-state index contributed by atoms with van der Waals surface area (Å²) in [6.45, 7) is 1.87. The second-order valence-electron chi connectivity index (χ2n) is 4.48. The van der Waals surface area contributed by atoms with Crippen molar-refractivity contribution in [3.63, 3.8) is 0 Å². The molecule has 0 N–H and O–H groups in total. The molecule has 0 bridgehead atoms. The van der Waals surface area contributed by atoms with Crippen molar-refractivity contribution in [1.29, 1.82) is 0 Å². The van der Waals surface area contributed by atoms with E-state index in [1.165, 1.54) is 7.11 Å². The van der Waals surface area contributed by atoms with E-state index in [9.17, 15) is 4.79 Å². The van der Waals surface area contributed by atoms with Crippen LogP contribution in [-0.2, 0) is 0 Å². The SMILES string of the molecule is COc1cc(C(=O)c2cc(Cl)ccc2C)c(OC)cc1Br. The summed E-state index contributed by atoms with van der Waals surface area (Å²) < 4.78 is 11.3. The van der Waals surface area contributed by atoms with E-state index < -0.39 is 0 Å². The van der Waals surface area contributed by atoms with Gasteiger partial charge < -0.3 is 9.47 Å². The molecule has 3 nitrogen and oxygen atoms in total. The zero-order chi connectivity index (χ0) is 15.6. The van der Waals surface area contributed by atoms with Crippen LogP contribution in [-0.4, -0.2) is 20.0 Å². The van der Waals surface area contributed by atoms with Gasteiger partial charge in [0.2, 0.25) is 0 Å². The number of halogens is 2. The van der Waals surface area contributed by atoms with Gasteiger partial charge in [0.1, 0.15) is 11.5 Å². The first kappa shape index (κ1) is 15.9. The average molecular weight is 370 g/mol. The maximum atomic E-state index is 12.8. The summed E-state index contributed by atoms with van der Waals surface area (Å²) in [6.07, 6.45) is 0. The number of ether oxygens (including phenoxy) is 2. The molecule has 0 saturated heterocycles. The fraction of sp³-hybridized carbons (Fsp3) is 0.188. The zero-order valence-corrected chi connectivity index (χ0v) is 14.2. The van der Waals surface area contributed by atoms with E-state index in [1.54, 1.807) is 31.4 Å². The molecule has 0 atom stereocenters. The Bertz CT molecular complexity index is 698. The Morgan fingerprint density at radius 3 is 2.33 bits per heavy atom. The van der Waals surface area contributed by atoms with Gasteiger partial charge in [0, 0.05) is 10.6 Å². The highest BCUT2D eigenvalue weighted by Crippen LogP contribution is 2.34. The van der Waals surface area contributed by atoms with Crippen LogP contribution in [0.25, 0.3) is 0 Å². The fourth-order valence-electron chi connectivity index (χ4n) is 2.02. The van der Waals surface area contributed by atoms with Crippen LogP contribution in [0.15, 0.2) is 34.8 Å². The van der Waals surface area contributed by atoms with E-state index in [2.05, 4.69) is 15.9 Å². The van der Waals surface area contributed by atoms with Crippen LogP contribution in [0.1, 0.15) is 21.5 Å². The Hall–Kier alpha value is -1.52. The van der Waals surface area contributed by atoms with Gasteiger partial charge in [-0.2, -0.15) is 0 Å². The molecule has 0 aromatic heterocycles. The van der Waals surface area contributed by atoms with Crippen molar-refractivity contribution < 1.29 is 14.3 Å². The number of carbonyl (C=O) groups excluding carboxylic acids is 1. The molecule has 0 spiro atoms. The predicted octanol–water partition coefficient (Wildman–Crippen LogP) is 4.66. The average Bonchev–Trinajstić information content (AvgIpc) is 2.48. The van der Waals surface area contributed by atoms with Crippen molar-refractivity contribution in [2.75, 3.05) is 14.2 Å². The molecular formula is C16H14BrClO3. The minimum absolute atomic E-state index is 0.155. The summed E-state index contributed by atoms with van der Waals surface area (Å²) in [7, 11) is 3.07. The lowest BCUT2D eigenvalue weighted by molar-refractivity contribution is 0.103. The molecule has 5 heteroatoms. The summed E-state index contributed by atoms with van der Waals surface area (Å²) >= 11 is 9.37. The number of rotatable bonds is 4. The van der Waals surface area contributed by atoms with E-state index >= 15 is 0 Å². The molecule has 0 aliphatic rings. The van der Waals surface area contributed by atoms with Crippen molar-refractivity contribution in [2.45, 2.75) is 6.92 Å². The number of benzene rings is 2. The maximum absolute atomic E-state index is 12.8. The lowest BCUT2D eigenvalue weighted by atomic mass is 9.98. The number of hydrogen-bond donors (Lipinski definition) is 0. The third kappa shape index (κ3) is 3.22. The van der Waals surface area contributed by atoms with Crippen molar-refractivity contribution >= 4 is 33.3 Å². The summed E-state index contributed by atoms with van der Waals surface area (Å²) in [5, 5.41) is 0.520. The minimum atomic E-state index is -0.155. The lowest BCUT2D eigenvalue weighted by Gasteiger charge is -2.13. The molecule has 2 aromatic carbocycles. The van der Waals surface area contributed by atoms with Crippen molar-refractivity contribution in [2.24, 2.45) is 0 Å². The third-order valence-corrected chi connectivity index (χ3v) is 4.02. The van der Waals surface area contributed by atoms with Gasteiger partial charge in [0.05, 0.1) is 24.3 Å². The number of ketones is 1. The van der Waals surface area contributed by atoms with Crippen molar-refractivity contribution in [1.82, 2.24) is 0 Å². The van der Waals surface area contributed by atoms with E-state index in [0.717, 1.165) is 10.0 Å². The maximum Gasteiger partial charge on any atom is 0.197 e. The van der Waals surface area contributed by atoms with Crippen LogP contribution in [0.5, 0.6) is 11.5 Å². The van der Waals surface area contributed by atoms with Gasteiger partial charge in [-0.3, -0.25) is 4.79 Å². The molecule has 0 saturated carbocycles. The molecule has 0 aliphatic heterocycles. The van der Waals surface area contributed by atoms with Gasteiger partial charge in [-0.25, -0.2) is 0 Å². The highest BCUT2D eigenvalue weighted by atomic mass is 79.9. The largest absolute Gasteiger partial charge is 0.496 e. The Morgan fingerprint density at radius 2 is 1.71 bits per heavy atom. The van der Waals surface area contributed by atoms with E-state index in [0.29, 0.717) is 27.6 Å². The lowest BCUT2D eigenvalue weighted by Crippen LogP contribution is -2.06. The molecule has 0 unspecified atom stereocenters. The molecular weight excluding hydrogens is 356 g/mol. The number of aryl methyl sites for hydroxylation is 1. The van der Waals surface area contributed by atoms with Gasteiger partial charge in [-0.1, -0.05) is 17.7 Å². The van der Waals surface area contributed by atoms with Crippen molar-refractivity contribution in [3.05, 3.63) is 56.5 Å². The zero-order valence-electron chi connectivity index (χ0n) is 11.9. The molecule has 0 fully saturated rings. The Balaban J connectivity index is 2.59. The number of hydrogen-bond acceptors (Lipinski definition) is 3. The van der Waals surface area contributed by atoms with Gasteiger partial charge >= 0.3 is 0 Å². The van der Waals surface area contributed by atoms with E-state index in [-0.39, 0.29) is 5.78 Å². The molecule has 0 heterocycles. The molecule has 21 heavy (non-hydrogen) atoms. The van der Waals surface area contributed by atoms with Crippen LogP contribution >= 0.6 is 27.5 Å². The first-order valence-corrected chi connectivity index (χ1v) is 7.37. The van der Waals surface area contributed by atoms with E-state index in [1.807, 2.05) is 13.0 Å². The second kappa shape index (κ2) is 6.50. The minimum Gasteiger partial charge on any atom is -0.496 e. The summed E-state index contributed by atoms with van der Waals surface area (Å²) in [5.41, 5.74) is 1.83. The van der Waals surface area contributed by atoms with Crippen LogP contribution in [0.3, 0.4) is 0 Å². The van der Waals surface area contributed by atoms with Crippen molar-refractivity contribution in [3.8, 4) is 11.5 Å². The molecule has 2 rings (SSSR count).